The summed E-state index contributed by atoms with van der Waals surface area (Å²) in [6.45, 7) is 0.308. The lowest BCUT2D eigenvalue weighted by atomic mass is 10.2. The van der Waals surface area contributed by atoms with Crippen LogP contribution < -0.4 is 10.5 Å². The van der Waals surface area contributed by atoms with E-state index in [1.807, 2.05) is 0 Å². The average molecular weight is 289 g/mol. The molecule has 2 aromatic heterocycles. The standard InChI is InChI=1S/C13H12FN5O2/c1-20-11-4-8(2-3-10(11)14)13-17-12(21-18-13)7-19-6-9(15)5-16-19/h2-6H,7,15H2,1H3. The number of methoxy groups -OCH3 is 1. The van der Waals surface area contributed by atoms with Gasteiger partial charge in [-0.25, -0.2) is 4.39 Å². The van der Waals surface area contributed by atoms with Gasteiger partial charge in [0.15, 0.2) is 11.6 Å². The molecule has 0 unspecified atom stereocenters. The van der Waals surface area contributed by atoms with Crippen molar-refractivity contribution >= 4 is 5.69 Å². The van der Waals surface area contributed by atoms with Gasteiger partial charge in [-0.15, -0.1) is 0 Å². The molecule has 2 heterocycles. The molecule has 0 saturated heterocycles. The molecule has 108 valence electrons. The number of rotatable bonds is 4. The number of aromatic nitrogens is 4. The van der Waals surface area contributed by atoms with Crippen molar-refractivity contribution < 1.29 is 13.7 Å². The first kappa shape index (κ1) is 13.1. The Morgan fingerprint density at radius 1 is 1.43 bits per heavy atom. The van der Waals surface area contributed by atoms with Gasteiger partial charge in [0.2, 0.25) is 11.7 Å². The first-order valence-corrected chi connectivity index (χ1v) is 6.10. The molecule has 7 nitrogen and oxygen atoms in total. The van der Waals surface area contributed by atoms with Crippen LogP contribution in [0.15, 0.2) is 35.1 Å². The van der Waals surface area contributed by atoms with Crippen LogP contribution in [0, 0.1) is 5.82 Å². The highest BCUT2D eigenvalue weighted by Gasteiger charge is 2.12. The fourth-order valence-corrected chi connectivity index (χ4v) is 1.84. The summed E-state index contributed by atoms with van der Waals surface area (Å²) in [6.07, 6.45) is 3.19. The van der Waals surface area contributed by atoms with Crippen molar-refractivity contribution in [3.63, 3.8) is 0 Å². The van der Waals surface area contributed by atoms with Gasteiger partial charge in [-0.05, 0) is 18.2 Å². The zero-order chi connectivity index (χ0) is 14.8. The van der Waals surface area contributed by atoms with Crippen molar-refractivity contribution in [1.82, 2.24) is 19.9 Å². The zero-order valence-corrected chi connectivity index (χ0v) is 11.2. The average Bonchev–Trinajstić information content (AvgIpc) is 3.09. The Labute approximate surface area is 119 Å². The van der Waals surface area contributed by atoms with Gasteiger partial charge in [0.1, 0.15) is 6.54 Å². The molecule has 0 radical (unpaired) electrons. The molecule has 0 saturated carbocycles. The second-order valence-electron chi connectivity index (χ2n) is 4.33. The number of benzene rings is 1. The summed E-state index contributed by atoms with van der Waals surface area (Å²) in [4.78, 5) is 4.23. The van der Waals surface area contributed by atoms with Crippen molar-refractivity contribution in [3.8, 4) is 17.1 Å². The monoisotopic (exact) mass is 289 g/mol. The number of halogens is 1. The molecule has 3 aromatic rings. The lowest BCUT2D eigenvalue weighted by Gasteiger charge is -2.02. The first-order chi connectivity index (χ1) is 10.2. The number of hydrogen-bond acceptors (Lipinski definition) is 6. The molecule has 0 amide bonds. The largest absolute Gasteiger partial charge is 0.494 e. The van der Waals surface area contributed by atoms with Crippen LogP contribution in [0.3, 0.4) is 0 Å². The van der Waals surface area contributed by atoms with Crippen molar-refractivity contribution in [2.75, 3.05) is 12.8 Å². The second-order valence-corrected chi connectivity index (χ2v) is 4.33. The van der Waals surface area contributed by atoms with Crippen molar-refractivity contribution in [2.24, 2.45) is 0 Å². The molecule has 8 heteroatoms. The number of anilines is 1. The van der Waals surface area contributed by atoms with Crippen molar-refractivity contribution in [1.29, 1.82) is 0 Å². The molecule has 0 bridgehead atoms. The lowest BCUT2D eigenvalue weighted by Crippen LogP contribution is -2.00. The second kappa shape index (κ2) is 5.23. The summed E-state index contributed by atoms with van der Waals surface area (Å²) in [5, 5.41) is 7.88. The van der Waals surface area contributed by atoms with E-state index in [2.05, 4.69) is 15.2 Å². The van der Waals surface area contributed by atoms with E-state index in [0.717, 1.165) is 0 Å². The normalized spacial score (nSPS) is 10.8. The molecule has 2 N–H and O–H groups in total. The van der Waals surface area contributed by atoms with Crippen LogP contribution in [0.5, 0.6) is 5.75 Å². The molecule has 0 aliphatic rings. The van der Waals surface area contributed by atoms with Gasteiger partial charge >= 0.3 is 0 Å². The molecule has 0 atom stereocenters. The van der Waals surface area contributed by atoms with Crippen LogP contribution in [0.25, 0.3) is 11.4 Å². The third-order valence-electron chi connectivity index (χ3n) is 2.83. The smallest absolute Gasteiger partial charge is 0.248 e. The Bertz CT molecular complexity index is 768. The fraction of sp³-hybridized carbons (Fsp3) is 0.154. The summed E-state index contributed by atoms with van der Waals surface area (Å²) < 4.78 is 25.0. The zero-order valence-electron chi connectivity index (χ0n) is 11.2. The quantitative estimate of drug-likeness (QED) is 0.786. The van der Waals surface area contributed by atoms with Crippen LogP contribution in [-0.4, -0.2) is 27.0 Å². The minimum absolute atomic E-state index is 0.124. The Balaban J connectivity index is 1.84. The highest BCUT2D eigenvalue weighted by molar-refractivity contribution is 5.57. The van der Waals surface area contributed by atoms with Crippen LogP contribution >= 0.6 is 0 Å². The molecule has 3 rings (SSSR count). The van der Waals surface area contributed by atoms with Gasteiger partial charge in [0.25, 0.3) is 0 Å². The van der Waals surface area contributed by atoms with Gasteiger partial charge in [0.05, 0.1) is 19.0 Å². The predicted molar refractivity (Wildman–Crippen MR) is 72.0 cm³/mol. The minimum atomic E-state index is -0.447. The van der Waals surface area contributed by atoms with Gasteiger partial charge in [-0.3, -0.25) is 4.68 Å². The molecule has 0 fully saturated rings. The predicted octanol–water partition coefficient (Wildman–Crippen LogP) is 1.71. The fourth-order valence-electron chi connectivity index (χ4n) is 1.84. The maximum atomic E-state index is 13.4. The summed E-state index contributed by atoms with van der Waals surface area (Å²) in [7, 11) is 1.39. The van der Waals surface area contributed by atoms with E-state index in [4.69, 9.17) is 15.0 Å². The van der Waals surface area contributed by atoms with E-state index in [1.165, 1.54) is 25.4 Å². The SMILES string of the molecule is COc1cc(-c2noc(Cn3cc(N)cn3)n2)ccc1F. The molecule has 1 aromatic carbocycles. The number of hydrogen-bond donors (Lipinski definition) is 1. The third-order valence-corrected chi connectivity index (χ3v) is 2.83. The van der Waals surface area contributed by atoms with Crippen LogP contribution in [0.1, 0.15) is 5.89 Å². The number of nitrogens with zero attached hydrogens (tertiary/aromatic N) is 4. The summed E-state index contributed by atoms with van der Waals surface area (Å²) in [5.41, 5.74) is 6.73. The maximum Gasteiger partial charge on any atom is 0.248 e. The molecule has 0 aliphatic heterocycles. The molecular formula is C13H12FN5O2. The highest BCUT2D eigenvalue weighted by atomic mass is 19.1. The Kier molecular flexibility index (Phi) is 3.27. The summed E-state index contributed by atoms with van der Waals surface area (Å²) >= 11 is 0. The van der Waals surface area contributed by atoms with E-state index in [1.54, 1.807) is 16.9 Å². The Morgan fingerprint density at radius 3 is 3.00 bits per heavy atom. The molecular weight excluding hydrogens is 277 g/mol. The summed E-state index contributed by atoms with van der Waals surface area (Å²) in [6, 6.07) is 4.35. The third kappa shape index (κ3) is 2.69. The van der Waals surface area contributed by atoms with Gasteiger partial charge in [0, 0.05) is 11.8 Å². The lowest BCUT2D eigenvalue weighted by molar-refractivity contribution is 0.366. The number of nitrogen functional groups attached to an aromatic ring is 1. The van der Waals surface area contributed by atoms with E-state index in [0.29, 0.717) is 29.5 Å². The van der Waals surface area contributed by atoms with Gasteiger partial charge in [-0.2, -0.15) is 10.1 Å². The van der Waals surface area contributed by atoms with Gasteiger partial charge in [-0.1, -0.05) is 5.16 Å². The Morgan fingerprint density at radius 2 is 2.29 bits per heavy atom. The van der Waals surface area contributed by atoms with Crippen molar-refractivity contribution in [3.05, 3.63) is 42.3 Å². The van der Waals surface area contributed by atoms with Crippen LogP contribution in [0.2, 0.25) is 0 Å². The number of nitrogens with two attached hydrogens (primary N) is 1. The van der Waals surface area contributed by atoms with E-state index in [-0.39, 0.29) is 5.75 Å². The highest BCUT2D eigenvalue weighted by Crippen LogP contribution is 2.24. The topological polar surface area (TPSA) is 92.0 Å². The molecule has 0 spiro atoms. The molecule has 21 heavy (non-hydrogen) atoms. The van der Waals surface area contributed by atoms with E-state index < -0.39 is 5.82 Å². The number of ether oxygens (including phenoxy) is 1. The maximum absolute atomic E-state index is 13.4. The van der Waals surface area contributed by atoms with Crippen LogP contribution in [0.4, 0.5) is 10.1 Å². The van der Waals surface area contributed by atoms with Crippen LogP contribution in [-0.2, 0) is 6.54 Å². The Hall–Kier alpha value is -2.90. The van der Waals surface area contributed by atoms with E-state index in [9.17, 15) is 4.39 Å². The van der Waals surface area contributed by atoms with Gasteiger partial charge < -0.3 is 15.0 Å². The van der Waals surface area contributed by atoms with E-state index >= 15 is 0 Å². The van der Waals surface area contributed by atoms with Crippen molar-refractivity contribution in [2.45, 2.75) is 6.54 Å². The summed E-state index contributed by atoms with van der Waals surface area (Å²) in [5.74, 6) is 0.399. The molecule has 0 aliphatic carbocycles. The minimum Gasteiger partial charge on any atom is -0.494 e. The first-order valence-electron chi connectivity index (χ1n) is 6.10.